The van der Waals surface area contributed by atoms with E-state index < -0.39 is 6.10 Å². The Kier molecular flexibility index (Phi) is 4.18. The van der Waals surface area contributed by atoms with Gasteiger partial charge in [0.25, 0.3) is 5.91 Å². The van der Waals surface area contributed by atoms with Gasteiger partial charge < -0.3 is 15.0 Å². The second-order valence-corrected chi connectivity index (χ2v) is 5.25. The minimum atomic E-state index is -0.484. The van der Waals surface area contributed by atoms with Crippen molar-refractivity contribution in [1.29, 1.82) is 0 Å². The largest absolute Gasteiger partial charge is 0.481 e. The van der Waals surface area contributed by atoms with Gasteiger partial charge in [-0.1, -0.05) is 18.2 Å². The number of hydrogen-bond acceptors (Lipinski definition) is 5. The van der Waals surface area contributed by atoms with Crippen molar-refractivity contribution in [3.05, 3.63) is 48.9 Å². The molecule has 0 spiro atoms. The van der Waals surface area contributed by atoms with Crippen LogP contribution in [0.1, 0.15) is 6.92 Å². The predicted octanol–water partition coefficient (Wildman–Crippen LogP) is 1.57. The third-order valence-corrected chi connectivity index (χ3v) is 3.53. The van der Waals surface area contributed by atoms with Crippen LogP contribution in [0.3, 0.4) is 0 Å². The lowest BCUT2D eigenvalue weighted by Gasteiger charge is -2.40. The first kappa shape index (κ1) is 14.3. The number of anilines is 1. The summed E-state index contributed by atoms with van der Waals surface area (Å²) < 4.78 is 5.65. The molecule has 0 radical (unpaired) electrons. The molecule has 22 heavy (non-hydrogen) atoms. The van der Waals surface area contributed by atoms with Gasteiger partial charge in [-0.15, -0.1) is 0 Å². The fourth-order valence-corrected chi connectivity index (χ4v) is 2.35. The van der Waals surface area contributed by atoms with Crippen molar-refractivity contribution in [2.24, 2.45) is 0 Å². The van der Waals surface area contributed by atoms with Crippen molar-refractivity contribution in [3.8, 4) is 5.75 Å². The Morgan fingerprint density at radius 3 is 2.77 bits per heavy atom. The lowest BCUT2D eigenvalue weighted by atomic mass is 10.1. The zero-order valence-corrected chi connectivity index (χ0v) is 12.3. The van der Waals surface area contributed by atoms with E-state index in [-0.39, 0.29) is 11.9 Å². The van der Waals surface area contributed by atoms with Gasteiger partial charge in [0.2, 0.25) is 0 Å². The molecule has 1 amide bonds. The van der Waals surface area contributed by atoms with Gasteiger partial charge in [-0.05, 0) is 25.1 Å². The Labute approximate surface area is 129 Å². The van der Waals surface area contributed by atoms with Crippen molar-refractivity contribution < 1.29 is 9.53 Å². The molecule has 0 saturated carbocycles. The van der Waals surface area contributed by atoms with E-state index in [4.69, 9.17) is 4.74 Å². The number of para-hydroxylation sites is 1. The summed E-state index contributed by atoms with van der Waals surface area (Å²) in [7, 11) is 0. The number of likely N-dealkylation sites (tertiary alicyclic amines) is 1. The van der Waals surface area contributed by atoms with E-state index in [0.717, 1.165) is 5.82 Å². The maximum atomic E-state index is 12.3. The Morgan fingerprint density at radius 2 is 2.09 bits per heavy atom. The maximum absolute atomic E-state index is 12.3. The molecule has 2 aromatic rings. The molecule has 6 nitrogen and oxygen atoms in total. The van der Waals surface area contributed by atoms with Crippen molar-refractivity contribution >= 4 is 11.7 Å². The Morgan fingerprint density at radius 1 is 1.32 bits per heavy atom. The third-order valence-electron chi connectivity index (χ3n) is 3.53. The fourth-order valence-electron chi connectivity index (χ4n) is 2.35. The number of nitrogens with zero attached hydrogens (tertiary/aromatic N) is 3. The second-order valence-electron chi connectivity index (χ2n) is 5.25. The van der Waals surface area contributed by atoms with Gasteiger partial charge in [0.15, 0.2) is 6.10 Å². The van der Waals surface area contributed by atoms with Crippen LogP contribution >= 0.6 is 0 Å². The lowest BCUT2D eigenvalue weighted by molar-refractivity contribution is -0.142. The van der Waals surface area contributed by atoms with E-state index in [9.17, 15) is 4.79 Å². The third kappa shape index (κ3) is 3.33. The molecule has 2 heterocycles. The average Bonchev–Trinajstić information content (AvgIpc) is 2.52. The minimum Gasteiger partial charge on any atom is -0.481 e. The van der Waals surface area contributed by atoms with Gasteiger partial charge in [0.05, 0.1) is 6.04 Å². The molecule has 6 heteroatoms. The van der Waals surface area contributed by atoms with Crippen LogP contribution < -0.4 is 10.1 Å². The SMILES string of the molecule is C[C@@H](Oc1ccccc1)C(=O)N1CC(Nc2ccncn2)C1. The van der Waals surface area contributed by atoms with Crippen LogP contribution in [0.5, 0.6) is 5.75 Å². The highest BCUT2D eigenvalue weighted by Crippen LogP contribution is 2.17. The van der Waals surface area contributed by atoms with Crippen LogP contribution in [-0.4, -0.2) is 46.0 Å². The molecule has 114 valence electrons. The molecule has 1 aliphatic rings. The van der Waals surface area contributed by atoms with Crippen molar-refractivity contribution in [3.63, 3.8) is 0 Å². The summed E-state index contributed by atoms with van der Waals surface area (Å²) in [6.45, 7) is 3.09. The molecular weight excluding hydrogens is 280 g/mol. The zero-order chi connectivity index (χ0) is 15.4. The molecule has 1 aromatic carbocycles. The highest BCUT2D eigenvalue weighted by atomic mass is 16.5. The molecule has 1 N–H and O–H groups in total. The van der Waals surface area contributed by atoms with Crippen LogP contribution in [0.4, 0.5) is 5.82 Å². The van der Waals surface area contributed by atoms with Gasteiger partial charge in [0.1, 0.15) is 17.9 Å². The quantitative estimate of drug-likeness (QED) is 0.907. The minimum absolute atomic E-state index is 0.00425. The molecular formula is C16H18N4O2. The van der Waals surface area contributed by atoms with E-state index in [1.165, 1.54) is 6.33 Å². The Hall–Kier alpha value is -2.63. The van der Waals surface area contributed by atoms with Gasteiger partial charge in [-0.3, -0.25) is 4.79 Å². The molecule has 0 bridgehead atoms. The van der Waals surface area contributed by atoms with Crippen LogP contribution in [0.15, 0.2) is 48.9 Å². The normalized spacial score (nSPS) is 15.8. The smallest absolute Gasteiger partial charge is 0.263 e. The van der Waals surface area contributed by atoms with Gasteiger partial charge in [-0.2, -0.15) is 0 Å². The number of carbonyl (C=O) groups is 1. The zero-order valence-electron chi connectivity index (χ0n) is 12.3. The molecule has 1 saturated heterocycles. The van der Waals surface area contributed by atoms with Crippen LogP contribution in [0.2, 0.25) is 0 Å². The fraction of sp³-hybridized carbons (Fsp3) is 0.312. The Bertz CT molecular complexity index is 615. The van der Waals surface area contributed by atoms with Gasteiger partial charge >= 0.3 is 0 Å². The maximum Gasteiger partial charge on any atom is 0.263 e. The standard InChI is InChI=1S/C16H18N4O2/c1-12(22-14-5-3-2-4-6-14)16(21)20-9-13(10-20)19-15-7-8-17-11-18-15/h2-8,11-13H,9-10H2,1H3,(H,17,18,19)/t12-/m1/s1. The number of aromatic nitrogens is 2. The summed E-state index contributed by atoms with van der Waals surface area (Å²) >= 11 is 0. The molecule has 1 aromatic heterocycles. The van der Waals surface area contributed by atoms with Crippen molar-refractivity contribution in [1.82, 2.24) is 14.9 Å². The highest BCUT2D eigenvalue weighted by molar-refractivity contribution is 5.82. The molecule has 1 atom stereocenters. The van der Waals surface area contributed by atoms with Crippen LogP contribution in [0.25, 0.3) is 0 Å². The average molecular weight is 298 g/mol. The summed E-state index contributed by atoms with van der Waals surface area (Å²) in [4.78, 5) is 22.0. The number of ether oxygens (including phenoxy) is 1. The number of carbonyl (C=O) groups excluding carboxylic acids is 1. The first-order chi connectivity index (χ1) is 10.7. The number of rotatable bonds is 5. The lowest BCUT2D eigenvalue weighted by Crippen LogP contribution is -2.59. The molecule has 1 fully saturated rings. The molecule has 1 aliphatic heterocycles. The van der Waals surface area contributed by atoms with Crippen LogP contribution in [-0.2, 0) is 4.79 Å². The van der Waals surface area contributed by atoms with Gasteiger partial charge in [-0.25, -0.2) is 9.97 Å². The van der Waals surface area contributed by atoms with E-state index in [1.54, 1.807) is 18.0 Å². The number of benzene rings is 1. The monoisotopic (exact) mass is 298 g/mol. The van der Waals surface area contributed by atoms with Crippen LogP contribution in [0, 0.1) is 0 Å². The van der Waals surface area contributed by atoms with E-state index >= 15 is 0 Å². The number of hydrogen-bond donors (Lipinski definition) is 1. The topological polar surface area (TPSA) is 67.3 Å². The van der Waals surface area contributed by atoms with Gasteiger partial charge in [0, 0.05) is 19.3 Å². The first-order valence-corrected chi connectivity index (χ1v) is 7.25. The van der Waals surface area contributed by atoms with Crippen molar-refractivity contribution in [2.75, 3.05) is 18.4 Å². The summed E-state index contributed by atoms with van der Waals surface area (Å²) in [5, 5.41) is 3.27. The number of nitrogens with one attached hydrogen (secondary N) is 1. The first-order valence-electron chi connectivity index (χ1n) is 7.25. The molecule has 3 rings (SSSR count). The highest BCUT2D eigenvalue weighted by Gasteiger charge is 2.33. The summed E-state index contributed by atoms with van der Waals surface area (Å²) in [6.07, 6.45) is 2.70. The van der Waals surface area contributed by atoms with E-state index in [1.807, 2.05) is 36.4 Å². The van der Waals surface area contributed by atoms with E-state index in [0.29, 0.717) is 18.8 Å². The molecule has 0 unspecified atom stereocenters. The van der Waals surface area contributed by atoms with E-state index in [2.05, 4.69) is 15.3 Å². The van der Waals surface area contributed by atoms with Crippen molar-refractivity contribution in [2.45, 2.75) is 19.1 Å². The Balaban J connectivity index is 1.47. The summed E-state index contributed by atoms with van der Waals surface area (Å²) in [5.41, 5.74) is 0. The second kappa shape index (κ2) is 6.43. The molecule has 0 aliphatic carbocycles. The predicted molar refractivity (Wildman–Crippen MR) is 82.6 cm³/mol. The summed E-state index contributed by atoms with van der Waals surface area (Å²) in [5.74, 6) is 1.49. The summed E-state index contributed by atoms with van der Waals surface area (Å²) in [6, 6.07) is 11.4. The number of amides is 1.